The van der Waals surface area contributed by atoms with Gasteiger partial charge in [0.05, 0.1) is 0 Å². The summed E-state index contributed by atoms with van der Waals surface area (Å²) in [6.45, 7) is 1.22. The van der Waals surface area contributed by atoms with Gasteiger partial charge in [-0.2, -0.15) is 0 Å². The molecule has 0 aliphatic carbocycles. The van der Waals surface area contributed by atoms with Crippen LogP contribution in [0.3, 0.4) is 0 Å². The van der Waals surface area contributed by atoms with E-state index < -0.39 is 21.0 Å². The molecule has 5 nitrogen and oxygen atoms in total. The zero-order valence-corrected chi connectivity index (χ0v) is 8.93. The molecule has 0 spiro atoms. The van der Waals surface area contributed by atoms with Gasteiger partial charge in [-0.15, -0.1) is 11.3 Å². The molecular weight excluding hydrogens is 226 g/mol. The Morgan fingerprint density at radius 1 is 1.64 bits per heavy atom. The lowest BCUT2D eigenvalue weighted by Crippen LogP contribution is -2.35. The number of nitrogens with one attached hydrogen (secondary N) is 1. The van der Waals surface area contributed by atoms with Crippen LogP contribution < -0.4 is 5.48 Å². The van der Waals surface area contributed by atoms with E-state index in [1.165, 1.54) is 18.5 Å². The molecule has 0 aromatic carbocycles. The molecule has 1 heterocycles. The van der Waals surface area contributed by atoms with Crippen molar-refractivity contribution < 1.29 is 18.4 Å². The highest BCUT2D eigenvalue weighted by Crippen LogP contribution is 2.21. The van der Waals surface area contributed by atoms with Crippen molar-refractivity contribution in [1.29, 1.82) is 0 Å². The van der Waals surface area contributed by atoms with Crippen LogP contribution in [0, 0.1) is 0 Å². The van der Waals surface area contributed by atoms with Crippen molar-refractivity contribution in [1.82, 2.24) is 5.48 Å². The van der Waals surface area contributed by atoms with Crippen molar-refractivity contribution in [2.24, 2.45) is 0 Å². The van der Waals surface area contributed by atoms with Crippen LogP contribution in [0.25, 0.3) is 0 Å². The number of carbonyl (C=O) groups is 1. The summed E-state index contributed by atoms with van der Waals surface area (Å²) in [5, 5.41) is 8.63. The van der Waals surface area contributed by atoms with E-state index in [1.54, 1.807) is 11.4 Å². The third kappa shape index (κ3) is 1.94. The highest BCUT2D eigenvalue weighted by molar-refractivity contribution is 7.94. The molecule has 2 N–H and O–H groups in total. The Balaban J connectivity index is 3.03. The van der Waals surface area contributed by atoms with Crippen molar-refractivity contribution in [2.75, 3.05) is 0 Å². The number of hydrogen-bond donors (Lipinski definition) is 2. The van der Waals surface area contributed by atoms with Crippen LogP contribution in [0.15, 0.2) is 21.7 Å². The molecule has 1 atom stereocenters. The fourth-order valence-electron chi connectivity index (χ4n) is 0.831. The Labute approximate surface area is 85.3 Å². The molecule has 1 unspecified atom stereocenters. The van der Waals surface area contributed by atoms with Gasteiger partial charge in [0.1, 0.15) is 9.46 Å². The van der Waals surface area contributed by atoms with E-state index in [-0.39, 0.29) is 4.21 Å². The largest absolute Gasteiger partial charge is 0.289 e. The lowest BCUT2D eigenvalue weighted by molar-refractivity contribution is -0.128. The van der Waals surface area contributed by atoms with Gasteiger partial charge in [0.25, 0.3) is 5.91 Å². The molecule has 1 amide bonds. The maximum Gasteiger partial charge on any atom is 0.261 e. The molecule has 0 fully saturated rings. The highest BCUT2D eigenvalue weighted by atomic mass is 32.2. The van der Waals surface area contributed by atoms with E-state index >= 15 is 0 Å². The van der Waals surface area contributed by atoms with Crippen molar-refractivity contribution >= 4 is 27.1 Å². The second-order valence-corrected chi connectivity index (χ2v) is 6.04. The number of sulfone groups is 1. The Bertz CT molecular complexity index is 409. The van der Waals surface area contributed by atoms with E-state index in [0.29, 0.717) is 0 Å². The average molecular weight is 235 g/mol. The predicted octanol–water partition coefficient (Wildman–Crippen LogP) is 0.416. The minimum absolute atomic E-state index is 0.119. The lowest BCUT2D eigenvalue weighted by Gasteiger charge is -2.08. The summed E-state index contributed by atoms with van der Waals surface area (Å²) < 4.78 is 23.4. The van der Waals surface area contributed by atoms with Crippen LogP contribution in [0.5, 0.6) is 0 Å². The van der Waals surface area contributed by atoms with Crippen LogP contribution in [-0.2, 0) is 14.6 Å². The van der Waals surface area contributed by atoms with E-state index in [4.69, 9.17) is 5.21 Å². The van der Waals surface area contributed by atoms with Crippen molar-refractivity contribution in [3.05, 3.63) is 17.5 Å². The fraction of sp³-hybridized carbons (Fsp3) is 0.286. The van der Waals surface area contributed by atoms with Crippen LogP contribution in [-0.4, -0.2) is 24.8 Å². The zero-order chi connectivity index (χ0) is 10.8. The van der Waals surface area contributed by atoms with Gasteiger partial charge in [-0.3, -0.25) is 10.0 Å². The first kappa shape index (κ1) is 11.2. The first-order chi connectivity index (χ1) is 6.50. The Morgan fingerprint density at radius 3 is 2.71 bits per heavy atom. The number of hydrogen-bond acceptors (Lipinski definition) is 5. The number of hydroxylamine groups is 1. The highest BCUT2D eigenvalue weighted by Gasteiger charge is 2.30. The molecule has 0 aliphatic rings. The van der Waals surface area contributed by atoms with E-state index in [1.807, 2.05) is 0 Å². The Kier molecular flexibility index (Phi) is 3.25. The summed E-state index contributed by atoms with van der Waals surface area (Å²) in [5.74, 6) is -0.932. The topological polar surface area (TPSA) is 83.5 Å². The first-order valence-corrected chi connectivity index (χ1v) is 6.14. The lowest BCUT2D eigenvalue weighted by atomic mass is 10.5. The Morgan fingerprint density at radius 2 is 2.29 bits per heavy atom. The molecule has 0 saturated heterocycles. The maximum atomic E-state index is 11.6. The third-order valence-electron chi connectivity index (χ3n) is 1.72. The summed E-state index contributed by atoms with van der Waals surface area (Å²) in [7, 11) is -3.66. The van der Waals surface area contributed by atoms with Gasteiger partial charge < -0.3 is 0 Å². The molecule has 1 rings (SSSR count). The second-order valence-electron chi connectivity index (χ2n) is 2.60. The minimum Gasteiger partial charge on any atom is -0.289 e. The average Bonchev–Trinajstić information content (AvgIpc) is 2.68. The predicted molar refractivity (Wildman–Crippen MR) is 50.9 cm³/mol. The van der Waals surface area contributed by atoms with Gasteiger partial charge in [0.2, 0.25) is 0 Å². The van der Waals surface area contributed by atoms with Gasteiger partial charge in [-0.1, -0.05) is 6.07 Å². The standard InChI is InChI=1S/C7H9NO4S2/c1-5(7(9)8-10)14(11,12)6-3-2-4-13-6/h2-5,10H,1H3,(H,8,9). The molecule has 0 bridgehead atoms. The third-order valence-corrected chi connectivity index (χ3v) is 5.21. The summed E-state index contributed by atoms with van der Waals surface area (Å²) in [6.07, 6.45) is 0. The quantitative estimate of drug-likeness (QED) is 0.587. The molecule has 0 saturated carbocycles. The van der Waals surface area contributed by atoms with Crippen molar-refractivity contribution in [3.63, 3.8) is 0 Å². The molecule has 7 heteroatoms. The van der Waals surface area contributed by atoms with Gasteiger partial charge >= 0.3 is 0 Å². The normalized spacial score (nSPS) is 13.6. The molecule has 0 aliphatic heterocycles. The number of rotatable bonds is 3. The SMILES string of the molecule is CC(C(=O)NO)S(=O)(=O)c1cccs1. The summed E-state index contributed by atoms with van der Waals surface area (Å²) in [5.41, 5.74) is 1.32. The second kappa shape index (κ2) is 4.07. The number of amides is 1. The van der Waals surface area contributed by atoms with Crippen LogP contribution in [0.4, 0.5) is 0 Å². The maximum absolute atomic E-state index is 11.6. The molecule has 1 aromatic rings. The molecule has 0 radical (unpaired) electrons. The number of thiophene rings is 1. The first-order valence-electron chi connectivity index (χ1n) is 3.71. The van der Waals surface area contributed by atoms with Crippen LogP contribution in [0.1, 0.15) is 6.92 Å². The summed E-state index contributed by atoms with van der Waals surface area (Å²) in [4.78, 5) is 10.9. The monoisotopic (exact) mass is 235 g/mol. The van der Waals surface area contributed by atoms with E-state index in [2.05, 4.69) is 0 Å². The minimum atomic E-state index is -3.66. The van der Waals surface area contributed by atoms with Crippen molar-refractivity contribution in [3.8, 4) is 0 Å². The fourth-order valence-corrected chi connectivity index (χ4v) is 3.37. The Hall–Kier alpha value is -0.920. The summed E-state index contributed by atoms with van der Waals surface area (Å²) in [6, 6.07) is 3.00. The molecule has 14 heavy (non-hydrogen) atoms. The van der Waals surface area contributed by atoms with Crippen LogP contribution >= 0.6 is 11.3 Å². The molecular formula is C7H9NO4S2. The van der Waals surface area contributed by atoms with Crippen molar-refractivity contribution in [2.45, 2.75) is 16.4 Å². The number of carbonyl (C=O) groups excluding carboxylic acids is 1. The van der Waals surface area contributed by atoms with Gasteiger partial charge in [0.15, 0.2) is 9.84 Å². The molecule has 78 valence electrons. The molecule has 1 aromatic heterocycles. The summed E-state index contributed by atoms with van der Waals surface area (Å²) >= 11 is 1.04. The van der Waals surface area contributed by atoms with Gasteiger partial charge in [-0.25, -0.2) is 13.9 Å². The van der Waals surface area contributed by atoms with Crippen LogP contribution in [0.2, 0.25) is 0 Å². The van der Waals surface area contributed by atoms with Gasteiger partial charge in [-0.05, 0) is 18.4 Å². The van der Waals surface area contributed by atoms with E-state index in [0.717, 1.165) is 11.3 Å². The van der Waals surface area contributed by atoms with Gasteiger partial charge in [0, 0.05) is 0 Å². The van der Waals surface area contributed by atoms with E-state index in [9.17, 15) is 13.2 Å². The smallest absolute Gasteiger partial charge is 0.261 e. The zero-order valence-electron chi connectivity index (χ0n) is 7.30.